The summed E-state index contributed by atoms with van der Waals surface area (Å²) in [7, 11) is 0. The van der Waals surface area contributed by atoms with E-state index in [0.717, 1.165) is 59.3 Å². The molecule has 6 nitrogen and oxygen atoms in total. The minimum absolute atomic E-state index is 0.0273. The normalized spacial score (nSPS) is 15.8. The molecule has 0 radical (unpaired) electrons. The van der Waals surface area contributed by atoms with Crippen LogP contribution in [0.15, 0.2) is 53.6 Å². The topological polar surface area (TPSA) is 67.3 Å². The van der Waals surface area contributed by atoms with Gasteiger partial charge in [0.05, 0.1) is 30.5 Å². The van der Waals surface area contributed by atoms with Crippen molar-refractivity contribution in [1.29, 1.82) is 0 Å². The largest absolute Gasteiger partial charge is 0.379 e. The van der Waals surface area contributed by atoms with E-state index in [1.165, 1.54) is 11.8 Å². The Morgan fingerprint density at radius 2 is 1.78 bits per heavy atom. The molecule has 1 unspecified atom stereocenters. The molecule has 3 aromatic rings. The Morgan fingerprint density at radius 1 is 1.06 bits per heavy atom. The number of nitrogens with zero attached hydrogens (tertiary/aromatic N) is 3. The molecule has 168 valence electrons. The third-order valence-corrected chi connectivity index (χ3v) is 6.68. The predicted molar refractivity (Wildman–Crippen MR) is 130 cm³/mol. The molecule has 2 aromatic carbocycles. The summed E-state index contributed by atoms with van der Waals surface area (Å²) >= 11 is 1.48. The second kappa shape index (κ2) is 10.4. The average molecular weight is 451 g/mol. The Morgan fingerprint density at radius 3 is 2.56 bits per heavy atom. The molecule has 1 aliphatic rings. The van der Waals surface area contributed by atoms with Gasteiger partial charge < -0.3 is 10.1 Å². The van der Waals surface area contributed by atoms with Crippen molar-refractivity contribution < 1.29 is 9.53 Å². The van der Waals surface area contributed by atoms with Crippen molar-refractivity contribution >= 4 is 34.3 Å². The Balaban J connectivity index is 1.54. The summed E-state index contributed by atoms with van der Waals surface area (Å²) in [5.74, 6) is 1.09. The highest BCUT2D eigenvalue weighted by Gasteiger charge is 2.20. The van der Waals surface area contributed by atoms with E-state index >= 15 is 0 Å². The predicted octanol–water partition coefficient (Wildman–Crippen LogP) is 4.70. The van der Waals surface area contributed by atoms with Gasteiger partial charge >= 0.3 is 0 Å². The summed E-state index contributed by atoms with van der Waals surface area (Å²) in [6.45, 7) is 10.1. The van der Waals surface area contributed by atoms with Crippen molar-refractivity contribution in [2.45, 2.75) is 43.5 Å². The van der Waals surface area contributed by atoms with Gasteiger partial charge in [-0.05, 0) is 30.5 Å². The number of anilines is 1. The van der Waals surface area contributed by atoms with Gasteiger partial charge in [0.25, 0.3) is 0 Å². The standard InChI is InChI=1S/C25H30N4O2S/c1-17(2)19-8-4-6-10-21(19)27-24(30)18(3)32-25-20-9-5-7-11-22(20)26-23(28-25)16-29-12-14-31-15-13-29/h4-11,17-18H,12-16H2,1-3H3,(H,27,30). The first-order chi connectivity index (χ1) is 15.5. The van der Waals surface area contributed by atoms with Crippen LogP contribution in [-0.2, 0) is 16.1 Å². The number of hydrogen-bond acceptors (Lipinski definition) is 6. The molecule has 4 rings (SSSR count). The molecule has 0 spiro atoms. The molecule has 1 N–H and O–H groups in total. The summed E-state index contributed by atoms with van der Waals surface area (Å²) < 4.78 is 5.45. The zero-order chi connectivity index (χ0) is 22.5. The summed E-state index contributed by atoms with van der Waals surface area (Å²) in [4.78, 5) is 25.0. The van der Waals surface area contributed by atoms with Gasteiger partial charge in [-0.15, -0.1) is 0 Å². The van der Waals surface area contributed by atoms with E-state index in [2.05, 4.69) is 30.1 Å². The van der Waals surface area contributed by atoms with Crippen LogP contribution >= 0.6 is 11.8 Å². The minimum Gasteiger partial charge on any atom is -0.379 e. The third-order valence-electron chi connectivity index (χ3n) is 5.58. The van der Waals surface area contributed by atoms with Gasteiger partial charge in [0.1, 0.15) is 10.9 Å². The number of carbonyl (C=O) groups is 1. The first kappa shape index (κ1) is 22.7. The number of benzene rings is 2. The van der Waals surface area contributed by atoms with Crippen LogP contribution in [0.4, 0.5) is 5.69 Å². The van der Waals surface area contributed by atoms with E-state index in [0.29, 0.717) is 12.5 Å². The fraction of sp³-hybridized carbons (Fsp3) is 0.400. The van der Waals surface area contributed by atoms with Crippen LogP contribution < -0.4 is 5.32 Å². The van der Waals surface area contributed by atoms with Crippen LogP contribution in [0.25, 0.3) is 10.9 Å². The zero-order valence-corrected chi connectivity index (χ0v) is 19.7. The van der Waals surface area contributed by atoms with Crippen molar-refractivity contribution in [2.24, 2.45) is 0 Å². The van der Waals surface area contributed by atoms with Crippen molar-refractivity contribution in [3.05, 3.63) is 59.9 Å². The molecule has 1 atom stereocenters. The number of hydrogen-bond donors (Lipinski definition) is 1. The maximum absolute atomic E-state index is 13.0. The number of amides is 1. The molecule has 32 heavy (non-hydrogen) atoms. The molecule has 0 saturated carbocycles. The summed E-state index contributed by atoms with van der Waals surface area (Å²) in [5.41, 5.74) is 2.92. The molecule has 7 heteroatoms. The van der Waals surface area contributed by atoms with E-state index in [1.54, 1.807) is 0 Å². The van der Waals surface area contributed by atoms with Crippen LogP contribution in [0.2, 0.25) is 0 Å². The minimum atomic E-state index is -0.301. The molecule has 1 saturated heterocycles. The molecule has 1 amide bonds. The van der Waals surface area contributed by atoms with E-state index in [9.17, 15) is 4.79 Å². The highest BCUT2D eigenvalue weighted by Crippen LogP contribution is 2.30. The van der Waals surface area contributed by atoms with Crippen molar-refractivity contribution in [2.75, 3.05) is 31.6 Å². The van der Waals surface area contributed by atoms with Gasteiger partial charge in [0.2, 0.25) is 5.91 Å². The SMILES string of the molecule is CC(Sc1nc(CN2CCOCC2)nc2ccccc12)C(=O)Nc1ccccc1C(C)C. The first-order valence-corrected chi connectivity index (χ1v) is 12.0. The molecular weight excluding hydrogens is 420 g/mol. The molecule has 1 aromatic heterocycles. The van der Waals surface area contributed by atoms with Crippen molar-refractivity contribution in [1.82, 2.24) is 14.9 Å². The molecule has 1 fully saturated rings. The van der Waals surface area contributed by atoms with E-state index in [1.807, 2.05) is 49.4 Å². The lowest BCUT2D eigenvalue weighted by Crippen LogP contribution is -2.36. The van der Waals surface area contributed by atoms with Gasteiger partial charge in [0, 0.05) is 24.2 Å². The Bertz CT molecular complexity index is 1080. The summed E-state index contributed by atoms with van der Waals surface area (Å²) in [6.07, 6.45) is 0. The first-order valence-electron chi connectivity index (χ1n) is 11.1. The van der Waals surface area contributed by atoms with Gasteiger partial charge in [-0.25, -0.2) is 9.97 Å². The van der Waals surface area contributed by atoms with Crippen molar-refractivity contribution in [3.8, 4) is 0 Å². The number of carbonyl (C=O) groups excluding carboxylic acids is 1. The van der Waals surface area contributed by atoms with Gasteiger partial charge in [-0.3, -0.25) is 9.69 Å². The van der Waals surface area contributed by atoms with E-state index in [4.69, 9.17) is 14.7 Å². The third kappa shape index (κ3) is 5.46. The second-order valence-corrected chi connectivity index (χ2v) is 9.67. The highest BCUT2D eigenvalue weighted by molar-refractivity contribution is 8.00. The van der Waals surface area contributed by atoms with Crippen LogP contribution in [0.3, 0.4) is 0 Å². The van der Waals surface area contributed by atoms with Crippen LogP contribution in [0, 0.1) is 0 Å². The molecular formula is C25H30N4O2S. The number of morpholine rings is 1. The number of nitrogens with one attached hydrogen (secondary N) is 1. The maximum atomic E-state index is 13.0. The van der Waals surface area contributed by atoms with Gasteiger partial charge in [-0.1, -0.05) is 62.0 Å². The number of fused-ring (bicyclic) bond motifs is 1. The summed E-state index contributed by atoms with van der Waals surface area (Å²) in [5, 5.41) is 4.64. The Kier molecular flexibility index (Phi) is 7.40. The lowest BCUT2D eigenvalue weighted by atomic mass is 10.0. The van der Waals surface area contributed by atoms with Gasteiger partial charge in [-0.2, -0.15) is 0 Å². The molecule has 1 aliphatic heterocycles. The lowest BCUT2D eigenvalue weighted by Gasteiger charge is -2.26. The molecule has 2 heterocycles. The Hall–Kier alpha value is -2.48. The molecule has 0 bridgehead atoms. The summed E-state index contributed by atoms with van der Waals surface area (Å²) in [6, 6.07) is 16.0. The Labute approximate surface area is 193 Å². The maximum Gasteiger partial charge on any atom is 0.237 e. The number of ether oxygens (including phenoxy) is 1. The quantitative estimate of drug-likeness (QED) is 0.416. The van der Waals surface area contributed by atoms with Crippen LogP contribution in [-0.4, -0.2) is 52.3 Å². The second-order valence-electron chi connectivity index (χ2n) is 8.34. The van der Waals surface area contributed by atoms with Crippen LogP contribution in [0.5, 0.6) is 0 Å². The number of aromatic nitrogens is 2. The van der Waals surface area contributed by atoms with E-state index < -0.39 is 0 Å². The number of para-hydroxylation sites is 2. The monoisotopic (exact) mass is 450 g/mol. The molecule has 0 aliphatic carbocycles. The lowest BCUT2D eigenvalue weighted by molar-refractivity contribution is -0.115. The zero-order valence-electron chi connectivity index (χ0n) is 18.9. The van der Waals surface area contributed by atoms with Gasteiger partial charge in [0.15, 0.2) is 0 Å². The number of thioether (sulfide) groups is 1. The fourth-order valence-electron chi connectivity index (χ4n) is 3.78. The number of rotatable bonds is 7. The van der Waals surface area contributed by atoms with Crippen LogP contribution in [0.1, 0.15) is 38.1 Å². The smallest absolute Gasteiger partial charge is 0.237 e. The highest BCUT2D eigenvalue weighted by atomic mass is 32.2. The fourth-order valence-corrected chi connectivity index (χ4v) is 4.74. The van der Waals surface area contributed by atoms with E-state index in [-0.39, 0.29) is 11.2 Å². The van der Waals surface area contributed by atoms with Crippen molar-refractivity contribution in [3.63, 3.8) is 0 Å². The average Bonchev–Trinajstić information content (AvgIpc) is 2.80.